The molecular weight excluding hydrogens is 360 g/mol. The van der Waals surface area contributed by atoms with Gasteiger partial charge >= 0.3 is 0 Å². The van der Waals surface area contributed by atoms with Crippen LogP contribution < -0.4 is 0 Å². The molecule has 144 valence electrons. The Bertz CT molecular complexity index is 816. The van der Waals surface area contributed by atoms with E-state index in [4.69, 9.17) is 0 Å². The van der Waals surface area contributed by atoms with Gasteiger partial charge in [0.2, 0.25) is 0 Å². The maximum Gasteiger partial charge on any atom is 0.269 e. The Morgan fingerprint density at radius 1 is 0.714 bits per heavy atom. The molecule has 1 fully saturated rings. The maximum absolute atomic E-state index is 10.7. The van der Waals surface area contributed by atoms with E-state index in [1.54, 1.807) is 36.7 Å². The van der Waals surface area contributed by atoms with Crippen molar-refractivity contribution in [3.63, 3.8) is 0 Å². The van der Waals surface area contributed by atoms with Gasteiger partial charge in [0, 0.05) is 36.7 Å². The third-order valence-electron chi connectivity index (χ3n) is 4.73. The Kier molecular flexibility index (Phi) is 6.21. The van der Waals surface area contributed by atoms with Gasteiger partial charge in [0.15, 0.2) is 0 Å². The van der Waals surface area contributed by atoms with Crippen molar-refractivity contribution in [2.24, 2.45) is 9.98 Å². The van der Waals surface area contributed by atoms with E-state index in [1.807, 2.05) is 0 Å². The second-order valence-electron chi connectivity index (χ2n) is 6.67. The molecule has 2 aromatic carbocycles. The van der Waals surface area contributed by atoms with Gasteiger partial charge in [-0.1, -0.05) is 12.8 Å². The lowest BCUT2D eigenvalue weighted by molar-refractivity contribution is -0.385. The molecule has 0 bridgehead atoms. The molecule has 0 N–H and O–H groups in total. The van der Waals surface area contributed by atoms with E-state index in [2.05, 4.69) is 9.98 Å². The van der Waals surface area contributed by atoms with Crippen LogP contribution in [0.4, 0.5) is 11.4 Å². The van der Waals surface area contributed by atoms with Crippen LogP contribution in [0.5, 0.6) is 0 Å². The highest BCUT2D eigenvalue weighted by Crippen LogP contribution is 2.24. The molecule has 0 unspecified atom stereocenters. The number of hydrogen-bond acceptors (Lipinski definition) is 6. The summed E-state index contributed by atoms with van der Waals surface area (Å²) in [5.74, 6) is 0. The van der Waals surface area contributed by atoms with Gasteiger partial charge in [0.05, 0.1) is 21.9 Å². The molecule has 1 aliphatic rings. The number of hydrogen-bond donors (Lipinski definition) is 0. The average Bonchev–Trinajstić information content (AvgIpc) is 2.72. The van der Waals surface area contributed by atoms with Crippen molar-refractivity contribution in [2.45, 2.75) is 37.8 Å². The first-order chi connectivity index (χ1) is 13.5. The van der Waals surface area contributed by atoms with Crippen molar-refractivity contribution in [3.05, 3.63) is 79.9 Å². The third kappa shape index (κ3) is 5.06. The number of nitrogens with zero attached hydrogens (tertiary/aromatic N) is 4. The zero-order valence-electron chi connectivity index (χ0n) is 15.2. The molecule has 0 radical (unpaired) electrons. The Labute approximate surface area is 161 Å². The number of rotatable bonds is 6. The molecule has 8 heteroatoms. The summed E-state index contributed by atoms with van der Waals surface area (Å²) >= 11 is 0. The first-order valence-corrected chi connectivity index (χ1v) is 9.08. The van der Waals surface area contributed by atoms with Crippen LogP contribution in [0.1, 0.15) is 36.8 Å². The van der Waals surface area contributed by atoms with E-state index in [9.17, 15) is 20.2 Å². The highest BCUT2D eigenvalue weighted by molar-refractivity contribution is 5.81. The molecule has 0 aromatic heterocycles. The molecule has 0 amide bonds. The van der Waals surface area contributed by atoms with Crippen molar-refractivity contribution in [1.82, 2.24) is 0 Å². The molecule has 2 aromatic rings. The van der Waals surface area contributed by atoms with Crippen LogP contribution >= 0.6 is 0 Å². The lowest BCUT2D eigenvalue weighted by Gasteiger charge is -2.25. The van der Waals surface area contributed by atoms with Crippen LogP contribution in [0.3, 0.4) is 0 Å². The summed E-state index contributed by atoms with van der Waals surface area (Å²) in [5.41, 5.74) is 1.74. The molecule has 0 spiro atoms. The summed E-state index contributed by atoms with van der Waals surface area (Å²) in [5, 5.41) is 21.4. The predicted molar refractivity (Wildman–Crippen MR) is 107 cm³/mol. The predicted octanol–water partition coefficient (Wildman–Crippen LogP) is 4.35. The van der Waals surface area contributed by atoms with Crippen LogP contribution in [-0.4, -0.2) is 34.4 Å². The molecule has 3 rings (SSSR count). The Morgan fingerprint density at radius 2 is 1.07 bits per heavy atom. The normalized spacial score (nSPS) is 19.9. The van der Waals surface area contributed by atoms with Crippen molar-refractivity contribution >= 4 is 23.8 Å². The fourth-order valence-corrected chi connectivity index (χ4v) is 3.17. The number of nitro groups is 2. The van der Waals surface area contributed by atoms with E-state index in [-0.39, 0.29) is 23.5 Å². The molecule has 28 heavy (non-hydrogen) atoms. The summed E-state index contributed by atoms with van der Waals surface area (Å²) in [6.45, 7) is 0. The van der Waals surface area contributed by atoms with Crippen molar-refractivity contribution in [2.75, 3.05) is 0 Å². The molecule has 2 atom stereocenters. The summed E-state index contributed by atoms with van der Waals surface area (Å²) in [4.78, 5) is 29.9. The lowest BCUT2D eigenvalue weighted by atomic mass is 9.91. The van der Waals surface area contributed by atoms with Gasteiger partial charge in [-0.05, 0) is 48.2 Å². The standard InChI is InChI=1S/C20H20N4O4/c25-23(26)17-9-5-15(6-10-17)13-21-19-3-1-2-4-20(19)22-14-16-7-11-18(12-8-16)24(27)28/h5-14,19-20H,1-4H2/t19-,20-/m0/s1. The molecule has 0 heterocycles. The van der Waals surface area contributed by atoms with Gasteiger partial charge in [0.1, 0.15) is 0 Å². The van der Waals surface area contributed by atoms with Crippen LogP contribution in [0.15, 0.2) is 58.5 Å². The zero-order valence-corrected chi connectivity index (χ0v) is 15.2. The fourth-order valence-electron chi connectivity index (χ4n) is 3.17. The maximum atomic E-state index is 10.7. The van der Waals surface area contributed by atoms with E-state index in [1.165, 1.54) is 24.3 Å². The van der Waals surface area contributed by atoms with Crippen molar-refractivity contribution in [3.8, 4) is 0 Å². The van der Waals surface area contributed by atoms with Crippen LogP contribution in [0, 0.1) is 20.2 Å². The second-order valence-corrected chi connectivity index (χ2v) is 6.67. The van der Waals surface area contributed by atoms with Crippen LogP contribution in [0.2, 0.25) is 0 Å². The zero-order chi connectivity index (χ0) is 19.9. The van der Waals surface area contributed by atoms with Gasteiger partial charge in [-0.2, -0.15) is 0 Å². The van der Waals surface area contributed by atoms with Gasteiger partial charge in [-0.3, -0.25) is 30.2 Å². The third-order valence-corrected chi connectivity index (χ3v) is 4.73. The van der Waals surface area contributed by atoms with Gasteiger partial charge < -0.3 is 0 Å². The Morgan fingerprint density at radius 3 is 1.39 bits per heavy atom. The molecule has 0 saturated heterocycles. The molecule has 8 nitrogen and oxygen atoms in total. The van der Waals surface area contributed by atoms with Gasteiger partial charge in [0.25, 0.3) is 11.4 Å². The van der Waals surface area contributed by atoms with Gasteiger partial charge in [-0.25, -0.2) is 0 Å². The van der Waals surface area contributed by atoms with Crippen molar-refractivity contribution in [1.29, 1.82) is 0 Å². The SMILES string of the molecule is O=[N+]([O-])c1ccc(C=N[C@H]2CCCC[C@@H]2N=Cc2ccc([N+](=O)[O-])cc2)cc1. The number of non-ortho nitro benzene ring substituents is 2. The summed E-state index contributed by atoms with van der Waals surface area (Å²) < 4.78 is 0. The summed E-state index contributed by atoms with van der Waals surface area (Å²) in [6.07, 6.45) is 7.54. The quantitative estimate of drug-likeness (QED) is 0.421. The lowest BCUT2D eigenvalue weighted by Crippen LogP contribution is -2.27. The Balaban J connectivity index is 1.67. The topological polar surface area (TPSA) is 111 Å². The van der Waals surface area contributed by atoms with E-state index in [0.29, 0.717) is 0 Å². The van der Waals surface area contributed by atoms with Gasteiger partial charge in [-0.15, -0.1) is 0 Å². The monoisotopic (exact) mass is 380 g/mol. The Hall–Kier alpha value is -3.42. The highest BCUT2D eigenvalue weighted by atomic mass is 16.6. The van der Waals surface area contributed by atoms with Crippen LogP contribution in [-0.2, 0) is 0 Å². The smallest absolute Gasteiger partial charge is 0.269 e. The fraction of sp³-hybridized carbons (Fsp3) is 0.300. The number of aliphatic imine (C=N–C) groups is 2. The summed E-state index contributed by atoms with van der Waals surface area (Å²) in [7, 11) is 0. The minimum atomic E-state index is -0.426. The number of nitro benzene ring substituents is 2. The van der Waals surface area contributed by atoms with Crippen molar-refractivity contribution < 1.29 is 9.85 Å². The van der Waals surface area contributed by atoms with Crippen LogP contribution in [0.25, 0.3) is 0 Å². The largest absolute Gasteiger partial charge is 0.287 e. The first kappa shape index (κ1) is 19.3. The number of benzene rings is 2. The first-order valence-electron chi connectivity index (χ1n) is 9.08. The van der Waals surface area contributed by atoms with E-state index in [0.717, 1.165) is 36.8 Å². The average molecular weight is 380 g/mol. The summed E-state index contributed by atoms with van der Waals surface area (Å²) in [6, 6.07) is 12.7. The minimum Gasteiger partial charge on any atom is -0.287 e. The molecular formula is C20H20N4O4. The molecule has 1 saturated carbocycles. The van der Waals surface area contributed by atoms with E-state index >= 15 is 0 Å². The highest BCUT2D eigenvalue weighted by Gasteiger charge is 2.23. The van der Waals surface area contributed by atoms with E-state index < -0.39 is 9.85 Å². The molecule has 0 aliphatic heterocycles. The minimum absolute atomic E-state index is 0.0539. The second kappa shape index (κ2) is 8.98. The molecule has 1 aliphatic carbocycles.